The fourth-order valence-corrected chi connectivity index (χ4v) is 3.53. The topological polar surface area (TPSA) is 52.9 Å². The number of aromatic hydroxyl groups is 1. The maximum absolute atomic E-state index is 12.9. The highest BCUT2D eigenvalue weighted by Gasteiger charge is 2.34. The van der Waals surface area contributed by atoms with E-state index in [0.29, 0.717) is 0 Å². The van der Waals surface area contributed by atoms with Gasteiger partial charge in [0.2, 0.25) is 0 Å². The van der Waals surface area contributed by atoms with Gasteiger partial charge in [-0.05, 0) is 54.8 Å². The van der Waals surface area contributed by atoms with Gasteiger partial charge in [-0.1, -0.05) is 38.8 Å². The number of nitrogens with zero attached hydrogens (tertiary/aromatic N) is 2. The highest BCUT2D eigenvalue weighted by molar-refractivity contribution is 8.18. The number of phenolic OH excluding ortho intramolecular Hbond substituents is 1. The Labute approximate surface area is 148 Å². The lowest BCUT2D eigenvalue weighted by molar-refractivity contribution is -0.122. The summed E-state index contributed by atoms with van der Waals surface area (Å²) in [5.41, 5.74) is 1.89. The standard InChI is InChI=1S/C19H26N2O2S/c1-4-6-12-20-19-21(13-7-5-2)18(23)17(24-19)14(3)15-8-10-16(22)11-9-15/h8-11,22H,4-7,12-13H2,1-3H3/b17-14-,20-19?. The second-order valence-corrected chi connectivity index (χ2v) is 6.91. The molecule has 130 valence electrons. The molecule has 2 rings (SSSR count). The number of hydrogen-bond donors (Lipinski definition) is 1. The van der Waals surface area contributed by atoms with Gasteiger partial charge in [0.25, 0.3) is 5.91 Å². The summed E-state index contributed by atoms with van der Waals surface area (Å²) in [5.74, 6) is 0.280. The van der Waals surface area contributed by atoms with Crippen molar-refractivity contribution in [2.45, 2.75) is 46.5 Å². The van der Waals surface area contributed by atoms with E-state index in [1.807, 2.05) is 24.0 Å². The second-order valence-electron chi connectivity index (χ2n) is 5.93. The van der Waals surface area contributed by atoms with Gasteiger partial charge in [0.1, 0.15) is 5.75 Å². The van der Waals surface area contributed by atoms with Gasteiger partial charge in [-0.25, -0.2) is 0 Å². The first-order chi connectivity index (χ1) is 11.6. The summed E-state index contributed by atoms with van der Waals surface area (Å²) in [5, 5.41) is 10.3. The van der Waals surface area contributed by atoms with Gasteiger partial charge < -0.3 is 5.11 Å². The first-order valence-electron chi connectivity index (χ1n) is 8.62. The van der Waals surface area contributed by atoms with Crippen molar-refractivity contribution >= 4 is 28.4 Å². The van der Waals surface area contributed by atoms with E-state index in [2.05, 4.69) is 18.8 Å². The predicted molar refractivity (Wildman–Crippen MR) is 102 cm³/mol. The van der Waals surface area contributed by atoms with Gasteiger partial charge in [-0.2, -0.15) is 0 Å². The van der Waals surface area contributed by atoms with E-state index in [4.69, 9.17) is 0 Å². The number of hydrogen-bond acceptors (Lipinski definition) is 4. The fourth-order valence-electron chi connectivity index (χ4n) is 2.44. The molecule has 1 aliphatic heterocycles. The Hall–Kier alpha value is -1.75. The van der Waals surface area contributed by atoms with Gasteiger partial charge >= 0.3 is 0 Å². The van der Waals surface area contributed by atoms with Crippen LogP contribution in [-0.2, 0) is 4.79 Å². The molecule has 1 amide bonds. The van der Waals surface area contributed by atoms with Crippen molar-refractivity contribution in [1.29, 1.82) is 0 Å². The van der Waals surface area contributed by atoms with Crippen LogP contribution in [0.5, 0.6) is 5.75 Å². The van der Waals surface area contributed by atoms with Gasteiger partial charge in [0.15, 0.2) is 5.17 Å². The minimum absolute atomic E-state index is 0.0503. The van der Waals surface area contributed by atoms with E-state index in [0.717, 1.165) is 60.0 Å². The molecule has 1 aromatic carbocycles. The molecule has 1 N–H and O–H groups in total. The zero-order chi connectivity index (χ0) is 17.5. The van der Waals surface area contributed by atoms with Gasteiger partial charge in [-0.15, -0.1) is 0 Å². The number of amides is 1. The third-order valence-electron chi connectivity index (χ3n) is 4.00. The van der Waals surface area contributed by atoms with Crippen molar-refractivity contribution in [3.05, 3.63) is 34.7 Å². The molecule has 1 saturated heterocycles. The molecule has 0 aliphatic carbocycles. The van der Waals surface area contributed by atoms with E-state index in [1.165, 1.54) is 11.8 Å². The molecule has 4 nitrogen and oxygen atoms in total. The quantitative estimate of drug-likeness (QED) is 0.577. The van der Waals surface area contributed by atoms with Crippen LogP contribution in [0.1, 0.15) is 52.0 Å². The van der Waals surface area contributed by atoms with E-state index < -0.39 is 0 Å². The molecular formula is C19H26N2O2S. The molecule has 0 spiro atoms. The molecule has 0 bridgehead atoms. The molecule has 0 saturated carbocycles. The Morgan fingerprint density at radius 3 is 2.46 bits per heavy atom. The van der Waals surface area contributed by atoms with Crippen molar-refractivity contribution in [1.82, 2.24) is 4.90 Å². The number of allylic oxidation sites excluding steroid dienone is 1. The second kappa shape index (κ2) is 8.92. The van der Waals surface area contributed by atoms with E-state index in [9.17, 15) is 9.90 Å². The first-order valence-corrected chi connectivity index (χ1v) is 9.44. The molecule has 1 aliphatic rings. The molecule has 1 fully saturated rings. The van der Waals surface area contributed by atoms with E-state index in [1.54, 1.807) is 12.1 Å². The number of carbonyl (C=O) groups excluding carboxylic acids is 1. The van der Waals surface area contributed by atoms with Crippen LogP contribution in [0.2, 0.25) is 0 Å². The average Bonchev–Trinajstić information content (AvgIpc) is 2.89. The zero-order valence-electron chi connectivity index (χ0n) is 14.7. The summed E-state index contributed by atoms with van der Waals surface area (Å²) < 4.78 is 0. The minimum atomic E-state index is 0.0503. The van der Waals surface area contributed by atoms with Crippen LogP contribution < -0.4 is 0 Å². The summed E-state index contributed by atoms with van der Waals surface area (Å²) in [7, 11) is 0. The molecular weight excluding hydrogens is 320 g/mol. The smallest absolute Gasteiger partial charge is 0.267 e. The number of amidine groups is 1. The largest absolute Gasteiger partial charge is 0.508 e. The van der Waals surface area contributed by atoms with Crippen LogP contribution in [-0.4, -0.2) is 34.2 Å². The Kier molecular flexibility index (Phi) is 6.91. The Morgan fingerprint density at radius 1 is 1.17 bits per heavy atom. The predicted octanol–water partition coefficient (Wildman–Crippen LogP) is 4.65. The number of phenols is 1. The van der Waals surface area contributed by atoms with Crippen molar-refractivity contribution in [3.8, 4) is 5.75 Å². The van der Waals surface area contributed by atoms with Crippen LogP contribution >= 0.6 is 11.8 Å². The number of aliphatic imine (C=N–C) groups is 1. The van der Waals surface area contributed by atoms with Gasteiger partial charge in [0.05, 0.1) is 4.91 Å². The molecule has 1 heterocycles. The SMILES string of the molecule is CCCCN=C1S/C(=C(/C)c2ccc(O)cc2)C(=O)N1CCCC. The maximum atomic E-state index is 12.9. The van der Waals surface area contributed by atoms with Crippen LogP contribution in [0, 0.1) is 0 Å². The summed E-state index contributed by atoms with van der Waals surface area (Å²) in [6, 6.07) is 6.98. The maximum Gasteiger partial charge on any atom is 0.267 e. The van der Waals surface area contributed by atoms with Crippen LogP contribution in [0.4, 0.5) is 0 Å². The van der Waals surface area contributed by atoms with E-state index in [-0.39, 0.29) is 11.7 Å². The summed E-state index contributed by atoms with van der Waals surface area (Å²) in [6.07, 6.45) is 4.16. The highest BCUT2D eigenvalue weighted by Crippen LogP contribution is 2.37. The Balaban J connectivity index is 2.30. The number of thioether (sulfide) groups is 1. The number of carbonyl (C=O) groups is 1. The molecule has 0 radical (unpaired) electrons. The van der Waals surface area contributed by atoms with Crippen molar-refractivity contribution in [3.63, 3.8) is 0 Å². The molecule has 5 heteroatoms. The van der Waals surface area contributed by atoms with Crippen LogP contribution in [0.25, 0.3) is 5.57 Å². The van der Waals surface area contributed by atoms with Crippen molar-refractivity contribution in [2.24, 2.45) is 4.99 Å². The fraction of sp³-hybridized carbons (Fsp3) is 0.474. The van der Waals surface area contributed by atoms with Crippen molar-refractivity contribution < 1.29 is 9.90 Å². The number of rotatable bonds is 7. The number of benzene rings is 1. The summed E-state index contributed by atoms with van der Waals surface area (Å²) in [4.78, 5) is 20.1. The third-order valence-corrected chi connectivity index (χ3v) is 5.22. The van der Waals surface area contributed by atoms with Crippen molar-refractivity contribution in [2.75, 3.05) is 13.1 Å². The first kappa shape index (κ1) is 18.6. The lowest BCUT2D eigenvalue weighted by atomic mass is 10.1. The third kappa shape index (κ3) is 4.41. The highest BCUT2D eigenvalue weighted by atomic mass is 32.2. The van der Waals surface area contributed by atoms with Crippen LogP contribution in [0.15, 0.2) is 34.2 Å². The number of unbranched alkanes of at least 4 members (excludes halogenated alkanes) is 2. The molecule has 0 unspecified atom stereocenters. The molecule has 1 aromatic rings. The van der Waals surface area contributed by atoms with Crippen LogP contribution in [0.3, 0.4) is 0 Å². The van der Waals surface area contributed by atoms with Gasteiger partial charge in [0, 0.05) is 13.1 Å². The molecule has 0 aromatic heterocycles. The average molecular weight is 346 g/mol. The normalized spacial score (nSPS) is 18.5. The van der Waals surface area contributed by atoms with E-state index >= 15 is 0 Å². The summed E-state index contributed by atoms with van der Waals surface area (Å²) in [6.45, 7) is 7.71. The Bertz CT molecular complexity index is 635. The molecule has 0 atom stereocenters. The lowest BCUT2D eigenvalue weighted by Crippen LogP contribution is -2.30. The Morgan fingerprint density at radius 2 is 1.83 bits per heavy atom. The van der Waals surface area contributed by atoms with Gasteiger partial charge in [-0.3, -0.25) is 14.7 Å². The molecule has 24 heavy (non-hydrogen) atoms. The lowest BCUT2D eigenvalue weighted by Gasteiger charge is -2.15. The minimum Gasteiger partial charge on any atom is -0.508 e. The monoisotopic (exact) mass is 346 g/mol. The zero-order valence-corrected chi connectivity index (χ0v) is 15.5. The summed E-state index contributed by atoms with van der Waals surface area (Å²) >= 11 is 1.48.